The fraction of sp³-hybridized carbons (Fsp3) is 0.231. The predicted molar refractivity (Wildman–Crippen MR) is 134 cm³/mol. The third kappa shape index (κ3) is 3.79. The Balaban J connectivity index is 1.76. The maximum Gasteiger partial charge on any atom is 0.337 e. The molecule has 2 aliphatic rings. The van der Waals surface area contributed by atoms with Crippen LogP contribution in [0.4, 0.5) is 5.69 Å². The lowest BCUT2D eigenvalue weighted by Crippen LogP contribution is -2.39. The molecule has 1 N–H and O–H groups in total. The summed E-state index contributed by atoms with van der Waals surface area (Å²) < 4.78 is 18.1. The number of amides is 1. The van der Waals surface area contributed by atoms with Gasteiger partial charge in [-0.1, -0.05) is 35.6 Å². The maximum absolute atomic E-state index is 13.9. The summed E-state index contributed by atoms with van der Waals surface area (Å²) in [7, 11) is 1.27. The van der Waals surface area contributed by atoms with E-state index in [0.29, 0.717) is 46.3 Å². The van der Waals surface area contributed by atoms with E-state index in [9.17, 15) is 14.4 Å². The van der Waals surface area contributed by atoms with Crippen molar-refractivity contribution in [2.24, 2.45) is 4.99 Å². The zero-order chi connectivity index (χ0) is 25.4. The van der Waals surface area contributed by atoms with Gasteiger partial charge in [0.25, 0.3) is 11.5 Å². The number of hydrogen-bond donors (Lipinski definition) is 1. The number of rotatable bonds is 6. The van der Waals surface area contributed by atoms with Gasteiger partial charge in [-0.05, 0) is 37.6 Å². The molecule has 0 aliphatic carbocycles. The summed E-state index contributed by atoms with van der Waals surface area (Å²) in [6.07, 6.45) is 1.41. The Morgan fingerprint density at radius 1 is 1.08 bits per heavy atom. The minimum absolute atomic E-state index is 0.185. The number of nitrogens with zero attached hydrogens (tertiary/aromatic N) is 2. The number of fused-ring (bicyclic) bond motifs is 2. The Morgan fingerprint density at radius 2 is 1.83 bits per heavy atom. The van der Waals surface area contributed by atoms with Crippen LogP contribution in [0.1, 0.15) is 31.0 Å². The Bertz CT molecular complexity index is 1600. The second-order valence-electron chi connectivity index (χ2n) is 7.94. The van der Waals surface area contributed by atoms with Gasteiger partial charge in [-0.3, -0.25) is 14.2 Å². The molecule has 3 aromatic rings. The summed E-state index contributed by atoms with van der Waals surface area (Å²) in [5.74, 6) is 0.0788. The molecule has 0 fully saturated rings. The molecule has 1 amide bonds. The number of hydrogen-bond acceptors (Lipinski definition) is 8. The molecule has 10 heteroatoms. The topological polar surface area (TPSA) is 108 Å². The number of aromatic nitrogens is 1. The number of carbonyl (C=O) groups is 2. The summed E-state index contributed by atoms with van der Waals surface area (Å²) >= 11 is 1.11. The quantitative estimate of drug-likeness (QED) is 0.515. The second kappa shape index (κ2) is 9.46. The van der Waals surface area contributed by atoms with Crippen LogP contribution in [-0.2, 0) is 14.3 Å². The van der Waals surface area contributed by atoms with Crippen molar-refractivity contribution in [3.8, 4) is 11.5 Å². The van der Waals surface area contributed by atoms with Crippen molar-refractivity contribution in [1.29, 1.82) is 0 Å². The van der Waals surface area contributed by atoms with Gasteiger partial charge in [0.05, 0.1) is 37.5 Å². The Labute approximate surface area is 210 Å². The average Bonchev–Trinajstić information content (AvgIpc) is 3.39. The summed E-state index contributed by atoms with van der Waals surface area (Å²) in [6.45, 7) is 4.59. The van der Waals surface area contributed by atoms with Crippen molar-refractivity contribution in [3.05, 3.63) is 85.1 Å². The second-order valence-corrected chi connectivity index (χ2v) is 8.92. The van der Waals surface area contributed by atoms with Gasteiger partial charge in [0.2, 0.25) is 0 Å². The van der Waals surface area contributed by atoms with Crippen LogP contribution in [0.2, 0.25) is 0 Å². The van der Waals surface area contributed by atoms with Crippen LogP contribution in [0.5, 0.6) is 11.5 Å². The highest BCUT2D eigenvalue weighted by Crippen LogP contribution is 2.35. The van der Waals surface area contributed by atoms with Gasteiger partial charge in [0.15, 0.2) is 16.3 Å². The molecule has 1 atom stereocenters. The summed E-state index contributed by atoms with van der Waals surface area (Å²) in [4.78, 5) is 44.2. The largest absolute Gasteiger partial charge is 0.490 e. The van der Waals surface area contributed by atoms with Crippen molar-refractivity contribution in [3.63, 3.8) is 0 Å². The van der Waals surface area contributed by atoms with Gasteiger partial charge < -0.3 is 19.5 Å². The summed E-state index contributed by atoms with van der Waals surface area (Å²) in [5, 5.41) is 2.81. The van der Waals surface area contributed by atoms with E-state index >= 15 is 0 Å². The first-order valence-corrected chi connectivity index (χ1v) is 12.2. The molecule has 5 rings (SSSR count). The molecular weight excluding hydrogens is 482 g/mol. The molecule has 3 heterocycles. The molecule has 1 aromatic heterocycles. The first-order valence-electron chi connectivity index (χ1n) is 11.4. The van der Waals surface area contributed by atoms with E-state index in [1.807, 2.05) is 26.0 Å². The van der Waals surface area contributed by atoms with E-state index in [1.54, 1.807) is 30.3 Å². The van der Waals surface area contributed by atoms with Gasteiger partial charge in [-0.2, -0.15) is 0 Å². The number of methoxy groups -OCH3 is 1. The van der Waals surface area contributed by atoms with Gasteiger partial charge >= 0.3 is 5.97 Å². The number of carbonyl (C=O) groups excluding carboxylic acids is 2. The van der Waals surface area contributed by atoms with E-state index in [4.69, 9.17) is 14.2 Å². The van der Waals surface area contributed by atoms with Crippen LogP contribution in [0.3, 0.4) is 0 Å². The highest BCUT2D eigenvalue weighted by Gasteiger charge is 2.33. The molecule has 0 spiro atoms. The first-order chi connectivity index (χ1) is 17.5. The molecule has 0 saturated heterocycles. The third-order valence-electron chi connectivity index (χ3n) is 5.88. The normalized spacial score (nSPS) is 17.4. The smallest absolute Gasteiger partial charge is 0.337 e. The van der Waals surface area contributed by atoms with E-state index in [2.05, 4.69) is 10.3 Å². The average molecular weight is 506 g/mol. The zero-order valence-corrected chi connectivity index (χ0v) is 20.7. The van der Waals surface area contributed by atoms with Crippen LogP contribution in [0, 0.1) is 0 Å². The van der Waals surface area contributed by atoms with Crippen LogP contribution < -0.4 is 29.7 Å². The van der Waals surface area contributed by atoms with E-state index < -0.39 is 17.6 Å². The minimum Gasteiger partial charge on any atom is -0.490 e. The van der Waals surface area contributed by atoms with Gasteiger partial charge in [0.1, 0.15) is 4.53 Å². The maximum atomic E-state index is 13.9. The molecule has 2 aliphatic heterocycles. The van der Waals surface area contributed by atoms with Crippen LogP contribution in [0.15, 0.2) is 64.0 Å². The molecule has 184 valence electrons. The highest BCUT2D eigenvalue weighted by molar-refractivity contribution is 7.07. The summed E-state index contributed by atoms with van der Waals surface area (Å²) in [5.41, 5.74) is 1.95. The monoisotopic (exact) mass is 505 g/mol. The Hall–Kier alpha value is -4.18. The van der Waals surface area contributed by atoms with Crippen molar-refractivity contribution in [2.45, 2.75) is 19.9 Å². The number of thiazole rings is 1. The third-order valence-corrected chi connectivity index (χ3v) is 6.95. The molecule has 0 unspecified atom stereocenters. The fourth-order valence-electron chi connectivity index (χ4n) is 4.38. The Morgan fingerprint density at radius 3 is 2.58 bits per heavy atom. The van der Waals surface area contributed by atoms with E-state index in [-0.39, 0.29) is 21.6 Å². The summed E-state index contributed by atoms with van der Waals surface area (Å²) in [6, 6.07) is 11.6. The fourth-order valence-corrected chi connectivity index (χ4v) is 5.45. The van der Waals surface area contributed by atoms with Crippen LogP contribution in [0.25, 0.3) is 5.57 Å². The first kappa shape index (κ1) is 23.6. The SMILES string of the molecule is CCOc1ccc([C@@H]2C(C(=O)OC)=CN=c3s/c(=C4\C(=O)Nc5ccccc54)c(=O)n32)cc1OCC. The van der Waals surface area contributed by atoms with Gasteiger partial charge in [-0.25, -0.2) is 9.79 Å². The number of para-hydroxylation sites is 1. The van der Waals surface area contributed by atoms with Gasteiger partial charge in [-0.15, -0.1) is 0 Å². The van der Waals surface area contributed by atoms with Crippen molar-refractivity contribution < 1.29 is 23.8 Å². The standard InChI is InChI=1S/C26H23N3O6S/c1-4-34-18-11-10-14(12-19(18)35-5-2)21-16(25(32)33-3)13-27-26-29(21)24(31)22(36-26)20-15-8-6-7-9-17(15)28-23(20)30/h6-13,21H,4-5H2,1-3H3,(H,28,30)/b22-20-/t21-/m1/s1. The molecule has 36 heavy (non-hydrogen) atoms. The molecule has 0 bridgehead atoms. The van der Waals surface area contributed by atoms with E-state index in [1.165, 1.54) is 17.9 Å². The Kier molecular flexibility index (Phi) is 6.19. The highest BCUT2D eigenvalue weighted by atomic mass is 32.1. The number of nitrogens with one attached hydrogen (secondary N) is 1. The number of esters is 1. The van der Waals surface area contributed by atoms with Crippen molar-refractivity contribution >= 4 is 34.5 Å². The zero-order valence-electron chi connectivity index (χ0n) is 19.9. The van der Waals surface area contributed by atoms with Gasteiger partial charge in [0, 0.05) is 17.5 Å². The van der Waals surface area contributed by atoms with Crippen molar-refractivity contribution in [1.82, 2.24) is 4.57 Å². The molecule has 0 saturated carbocycles. The number of ether oxygens (including phenoxy) is 3. The number of anilines is 1. The lowest BCUT2D eigenvalue weighted by molar-refractivity contribution is -0.136. The predicted octanol–water partition coefficient (Wildman–Crippen LogP) is 2.14. The van der Waals surface area contributed by atoms with Crippen molar-refractivity contribution in [2.75, 3.05) is 25.6 Å². The molecule has 0 radical (unpaired) electrons. The molecule has 2 aromatic carbocycles. The molecule has 9 nitrogen and oxygen atoms in total. The van der Waals surface area contributed by atoms with Crippen LogP contribution >= 0.6 is 11.3 Å². The number of benzene rings is 2. The van der Waals surface area contributed by atoms with Crippen LogP contribution in [-0.4, -0.2) is 36.8 Å². The minimum atomic E-state index is -0.836. The lowest BCUT2D eigenvalue weighted by atomic mass is 9.97. The lowest BCUT2D eigenvalue weighted by Gasteiger charge is -2.23. The molecular formula is C26H23N3O6S. The van der Waals surface area contributed by atoms with E-state index in [0.717, 1.165) is 11.3 Å².